The minimum absolute atomic E-state index is 0.128. The molecule has 0 radical (unpaired) electrons. The fraction of sp³-hybridized carbons (Fsp3) is 0.632. The molecule has 2 aliphatic rings. The van der Waals surface area contributed by atoms with Crippen LogP contribution in [0, 0.1) is 5.92 Å². The lowest BCUT2D eigenvalue weighted by Gasteiger charge is -2.26. The van der Waals surface area contributed by atoms with Gasteiger partial charge in [-0.15, -0.1) is 0 Å². The van der Waals surface area contributed by atoms with Crippen LogP contribution in [0.4, 0.5) is 5.69 Å². The summed E-state index contributed by atoms with van der Waals surface area (Å²) in [6.45, 7) is 6.99. The van der Waals surface area contributed by atoms with Gasteiger partial charge in [-0.2, -0.15) is 0 Å². The van der Waals surface area contributed by atoms with Crippen LogP contribution in [-0.4, -0.2) is 56.7 Å². The number of hydrogen-bond acceptors (Lipinski definition) is 4. The molecule has 0 bridgehead atoms. The summed E-state index contributed by atoms with van der Waals surface area (Å²) in [6.07, 6.45) is 3.84. The molecule has 1 aromatic carbocycles. The molecule has 0 aromatic heterocycles. The van der Waals surface area contributed by atoms with Gasteiger partial charge in [-0.1, -0.05) is 12.1 Å². The van der Waals surface area contributed by atoms with Crippen molar-refractivity contribution in [2.75, 3.05) is 51.3 Å². The highest BCUT2D eigenvalue weighted by molar-refractivity contribution is 5.90. The molecule has 5 heteroatoms. The van der Waals surface area contributed by atoms with Crippen LogP contribution in [0.25, 0.3) is 0 Å². The Morgan fingerprint density at radius 3 is 2.75 bits per heavy atom. The van der Waals surface area contributed by atoms with Gasteiger partial charge in [0.1, 0.15) is 0 Å². The van der Waals surface area contributed by atoms with E-state index in [0.717, 1.165) is 64.5 Å². The van der Waals surface area contributed by atoms with E-state index in [1.807, 2.05) is 12.1 Å². The lowest BCUT2D eigenvalue weighted by molar-refractivity contribution is -0.116. The van der Waals surface area contributed by atoms with Gasteiger partial charge in [0.2, 0.25) is 5.91 Å². The van der Waals surface area contributed by atoms with E-state index in [0.29, 0.717) is 12.3 Å². The van der Waals surface area contributed by atoms with Gasteiger partial charge in [-0.3, -0.25) is 9.69 Å². The van der Waals surface area contributed by atoms with Crippen molar-refractivity contribution >= 4 is 11.6 Å². The maximum absolute atomic E-state index is 12.0. The number of anilines is 1. The Hall–Kier alpha value is -1.43. The molecule has 5 nitrogen and oxygen atoms in total. The SMILES string of the molecule is O=C(CCC1CCNC1)Nc1ccc(CCN2CCOCC2)cc1. The van der Waals surface area contributed by atoms with Crippen LogP contribution in [0.3, 0.4) is 0 Å². The minimum atomic E-state index is 0.128. The summed E-state index contributed by atoms with van der Waals surface area (Å²) in [5.41, 5.74) is 2.22. The van der Waals surface area contributed by atoms with E-state index < -0.39 is 0 Å². The van der Waals surface area contributed by atoms with Gasteiger partial charge in [0, 0.05) is 31.7 Å². The van der Waals surface area contributed by atoms with Gasteiger partial charge in [0.05, 0.1) is 13.2 Å². The van der Waals surface area contributed by atoms with Gasteiger partial charge >= 0.3 is 0 Å². The normalized spacial score (nSPS) is 21.8. The number of carbonyl (C=O) groups excluding carboxylic acids is 1. The fourth-order valence-electron chi connectivity index (χ4n) is 3.39. The van der Waals surface area contributed by atoms with E-state index in [1.54, 1.807) is 0 Å². The van der Waals surface area contributed by atoms with Gasteiger partial charge < -0.3 is 15.4 Å². The first-order chi connectivity index (χ1) is 11.8. The predicted octanol–water partition coefficient (Wildman–Crippen LogP) is 1.89. The number of ether oxygens (including phenoxy) is 1. The highest BCUT2D eigenvalue weighted by Crippen LogP contribution is 2.16. The smallest absolute Gasteiger partial charge is 0.224 e. The lowest BCUT2D eigenvalue weighted by Crippen LogP contribution is -2.37. The fourth-order valence-corrected chi connectivity index (χ4v) is 3.39. The Kier molecular flexibility index (Phi) is 6.64. The quantitative estimate of drug-likeness (QED) is 0.801. The Bertz CT molecular complexity index is 506. The third-order valence-corrected chi connectivity index (χ3v) is 5.00. The molecule has 24 heavy (non-hydrogen) atoms. The third kappa shape index (κ3) is 5.58. The van der Waals surface area contributed by atoms with Gasteiger partial charge in [-0.05, 0) is 56.0 Å². The van der Waals surface area contributed by atoms with E-state index >= 15 is 0 Å². The minimum Gasteiger partial charge on any atom is -0.379 e. The molecule has 1 unspecified atom stereocenters. The molecule has 2 aliphatic heterocycles. The third-order valence-electron chi connectivity index (χ3n) is 5.00. The van der Waals surface area contributed by atoms with E-state index in [1.165, 1.54) is 12.0 Å². The highest BCUT2D eigenvalue weighted by atomic mass is 16.5. The van der Waals surface area contributed by atoms with Crippen LogP contribution in [0.5, 0.6) is 0 Å². The summed E-state index contributed by atoms with van der Waals surface area (Å²) in [7, 11) is 0. The number of rotatable bonds is 7. The van der Waals surface area contributed by atoms with Gasteiger partial charge in [-0.25, -0.2) is 0 Å². The molecule has 1 aromatic rings. The first-order valence-corrected chi connectivity index (χ1v) is 9.19. The predicted molar refractivity (Wildman–Crippen MR) is 96.2 cm³/mol. The standard InChI is InChI=1S/C19H29N3O2/c23-19(6-3-17-7-9-20-15-17)21-18-4-1-16(2-5-18)8-10-22-11-13-24-14-12-22/h1-2,4-5,17,20H,3,6-15H2,(H,21,23). The molecule has 132 valence electrons. The van der Waals surface area contributed by atoms with Crippen molar-refractivity contribution in [1.82, 2.24) is 10.2 Å². The zero-order valence-electron chi connectivity index (χ0n) is 14.4. The van der Waals surface area contributed by atoms with Crippen LogP contribution in [0.1, 0.15) is 24.8 Å². The average Bonchev–Trinajstić information content (AvgIpc) is 3.14. The van der Waals surface area contributed by atoms with E-state index in [9.17, 15) is 4.79 Å². The summed E-state index contributed by atoms with van der Waals surface area (Å²) in [5, 5.41) is 6.36. The summed E-state index contributed by atoms with van der Waals surface area (Å²) in [6, 6.07) is 8.28. The van der Waals surface area contributed by atoms with E-state index in [4.69, 9.17) is 4.74 Å². The average molecular weight is 331 g/mol. The summed E-state index contributed by atoms with van der Waals surface area (Å²) < 4.78 is 5.37. The molecular weight excluding hydrogens is 302 g/mol. The maximum atomic E-state index is 12.0. The van der Waals surface area contributed by atoms with Crippen molar-refractivity contribution in [3.8, 4) is 0 Å². The number of morpholine rings is 1. The molecule has 0 saturated carbocycles. The summed E-state index contributed by atoms with van der Waals surface area (Å²) >= 11 is 0. The largest absolute Gasteiger partial charge is 0.379 e. The Morgan fingerprint density at radius 2 is 2.04 bits per heavy atom. The maximum Gasteiger partial charge on any atom is 0.224 e. The first-order valence-electron chi connectivity index (χ1n) is 9.19. The molecule has 2 saturated heterocycles. The van der Waals surface area contributed by atoms with Gasteiger partial charge in [0.25, 0.3) is 0 Å². The molecule has 3 rings (SSSR count). The second-order valence-electron chi connectivity index (χ2n) is 6.85. The van der Waals surface area contributed by atoms with E-state index in [-0.39, 0.29) is 5.91 Å². The topological polar surface area (TPSA) is 53.6 Å². The molecule has 2 fully saturated rings. The lowest BCUT2D eigenvalue weighted by atomic mass is 10.0. The highest BCUT2D eigenvalue weighted by Gasteiger charge is 2.15. The zero-order valence-corrected chi connectivity index (χ0v) is 14.4. The van der Waals surface area contributed by atoms with Crippen molar-refractivity contribution in [3.63, 3.8) is 0 Å². The second kappa shape index (κ2) is 9.16. The molecule has 2 heterocycles. The summed E-state index contributed by atoms with van der Waals surface area (Å²) in [4.78, 5) is 14.5. The zero-order chi connectivity index (χ0) is 16.6. The number of nitrogens with zero attached hydrogens (tertiary/aromatic N) is 1. The van der Waals surface area contributed by atoms with Crippen molar-refractivity contribution in [2.24, 2.45) is 5.92 Å². The molecule has 1 atom stereocenters. The number of carbonyl (C=O) groups is 1. The van der Waals surface area contributed by atoms with Crippen molar-refractivity contribution < 1.29 is 9.53 Å². The first kappa shape index (κ1) is 17.4. The molecular formula is C19H29N3O2. The van der Waals surface area contributed by atoms with Crippen molar-refractivity contribution in [1.29, 1.82) is 0 Å². The second-order valence-corrected chi connectivity index (χ2v) is 6.85. The number of benzene rings is 1. The molecule has 0 spiro atoms. The van der Waals surface area contributed by atoms with Crippen molar-refractivity contribution in [2.45, 2.75) is 25.7 Å². The van der Waals surface area contributed by atoms with Crippen LogP contribution < -0.4 is 10.6 Å². The van der Waals surface area contributed by atoms with Gasteiger partial charge in [0.15, 0.2) is 0 Å². The van der Waals surface area contributed by atoms with Crippen LogP contribution in [0.2, 0.25) is 0 Å². The van der Waals surface area contributed by atoms with E-state index in [2.05, 4.69) is 27.7 Å². The monoisotopic (exact) mass is 331 g/mol. The Morgan fingerprint density at radius 1 is 1.25 bits per heavy atom. The number of hydrogen-bond donors (Lipinski definition) is 2. The van der Waals surface area contributed by atoms with Crippen LogP contribution in [0.15, 0.2) is 24.3 Å². The molecule has 2 N–H and O–H groups in total. The van der Waals surface area contributed by atoms with Crippen molar-refractivity contribution in [3.05, 3.63) is 29.8 Å². The Balaban J connectivity index is 1.37. The number of amides is 1. The molecule has 0 aliphatic carbocycles. The molecule has 1 amide bonds. The number of nitrogens with one attached hydrogen (secondary N) is 2. The Labute approximate surface area is 144 Å². The summed E-state index contributed by atoms with van der Waals surface area (Å²) in [5.74, 6) is 0.793. The van der Waals surface area contributed by atoms with Crippen LogP contribution >= 0.6 is 0 Å². The van der Waals surface area contributed by atoms with Crippen LogP contribution in [-0.2, 0) is 16.0 Å².